The molecule has 1 fully saturated rings. The summed E-state index contributed by atoms with van der Waals surface area (Å²) in [7, 11) is 4.04. The lowest BCUT2D eigenvalue weighted by Gasteiger charge is -2.29. The molecule has 1 aliphatic rings. The quantitative estimate of drug-likeness (QED) is 0.528. The molecule has 0 unspecified atom stereocenters. The lowest BCUT2D eigenvalue weighted by atomic mass is 9.86. The molecule has 7 heteroatoms. The molecular formula is C23H32ClN5O. The van der Waals surface area contributed by atoms with E-state index in [1.165, 1.54) is 12.8 Å². The number of nitrogens with zero attached hydrogens (tertiary/aromatic N) is 3. The summed E-state index contributed by atoms with van der Waals surface area (Å²) in [6.45, 7) is 1.73. The van der Waals surface area contributed by atoms with Gasteiger partial charge in [-0.05, 0) is 74.0 Å². The van der Waals surface area contributed by atoms with Crippen molar-refractivity contribution in [1.29, 1.82) is 0 Å². The van der Waals surface area contributed by atoms with E-state index in [-0.39, 0.29) is 7.43 Å². The third kappa shape index (κ3) is 5.43. The maximum atomic E-state index is 5.82. The van der Waals surface area contributed by atoms with Crippen LogP contribution in [0.25, 0.3) is 10.9 Å². The Bertz CT molecular complexity index is 950. The van der Waals surface area contributed by atoms with Gasteiger partial charge in [-0.1, -0.05) is 19.6 Å². The summed E-state index contributed by atoms with van der Waals surface area (Å²) in [5.74, 6) is 3.25. The van der Waals surface area contributed by atoms with Gasteiger partial charge < -0.3 is 20.0 Å². The summed E-state index contributed by atoms with van der Waals surface area (Å²) in [4.78, 5) is 11.5. The van der Waals surface area contributed by atoms with Crippen molar-refractivity contribution in [2.45, 2.75) is 45.7 Å². The van der Waals surface area contributed by atoms with E-state index in [0.29, 0.717) is 17.2 Å². The van der Waals surface area contributed by atoms with E-state index < -0.39 is 0 Å². The Morgan fingerprint density at radius 2 is 1.83 bits per heavy atom. The minimum Gasteiger partial charge on any atom is -0.448 e. The number of fused-ring (bicyclic) bond motifs is 1. The average molecular weight is 430 g/mol. The zero-order valence-electron chi connectivity index (χ0n) is 17.0. The molecule has 3 aromatic rings. The van der Waals surface area contributed by atoms with Gasteiger partial charge in [-0.3, -0.25) is 0 Å². The summed E-state index contributed by atoms with van der Waals surface area (Å²) in [6.07, 6.45) is 4.65. The van der Waals surface area contributed by atoms with Crippen LogP contribution in [0.4, 0.5) is 11.8 Å². The fourth-order valence-corrected chi connectivity index (χ4v) is 4.17. The summed E-state index contributed by atoms with van der Waals surface area (Å²) in [6, 6.07) is 12.3. The Hall–Kier alpha value is -2.31. The van der Waals surface area contributed by atoms with E-state index in [1.54, 1.807) is 6.07 Å². The second-order valence-corrected chi connectivity index (χ2v) is 8.35. The Balaban J connectivity index is 0.00000256. The van der Waals surface area contributed by atoms with Crippen molar-refractivity contribution in [2.75, 3.05) is 30.9 Å². The molecule has 0 radical (unpaired) electrons. The molecule has 2 aromatic heterocycles. The zero-order chi connectivity index (χ0) is 20.2. The second-order valence-electron chi connectivity index (χ2n) is 7.98. The van der Waals surface area contributed by atoms with Gasteiger partial charge in [0.15, 0.2) is 5.22 Å². The Morgan fingerprint density at radius 3 is 2.53 bits per heavy atom. The molecule has 2 heterocycles. The van der Waals surface area contributed by atoms with Crippen LogP contribution in [0.15, 0.2) is 40.8 Å². The first-order chi connectivity index (χ1) is 14.1. The highest BCUT2D eigenvalue weighted by atomic mass is 35.5. The highest BCUT2D eigenvalue weighted by molar-refractivity contribution is 6.28. The van der Waals surface area contributed by atoms with Crippen LogP contribution in [-0.2, 0) is 6.54 Å². The molecule has 2 N–H and O–H groups in total. The third-order valence-electron chi connectivity index (χ3n) is 5.55. The van der Waals surface area contributed by atoms with Crippen LogP contribution in [-0.4, -0.2) is 36.6 Å². The van der Waals surface area contributed by atoms with Gasteiger partial charge in [0, 0.05) is 25.5 Å². The monoisotopic (exact) mass is 429 g/mol. The lowest BCUT2D eigenvalue weighted by Crippen LogP contribution is -2.31. The number of hydrogen-bond donors (Lipinski definition) is 2. The minimum atomic E-state index is 0. The van der Waals surface area contributed by atoms with Crippen LogP contribution in [0.2, 0.25) is 5.22 Å². The van der Waals surface area contributed by atoms with Crippen molar-refractivity contribution >= 4 is 34.3 Å². The molecule has 0 saturated heterocycles. The van der Waals surface area contributed by atoms with Crippen molar-refractivity contribution < 1.29 is 4.42 Å². The summed E-state index contributed by atoms with van der Waals surface area (Å²) < 4.78 is 5.39. The summed E-state index contributed by atoms with van der Waals surface area (Å²) >= 11 is 5.82. The van der Waals surface area contributed by atoms with Crippen molar-refractivity contribution in [3.8, 4) is 0 Å². The molecule has 1 saturated carbocycles. The van der Waals surface area contributed by atoms with Gasteiger partial charge in [-0.2, -0.15) is 4.98 Å². The van der Waals surface area contributed by atoms with E-state index in [0.717, 1.165) is 54.4 Å². The SMILES string of the molecule is C.CN(C)c1nc(NC2CCC(CNCc3ccc(Cl)o3)CC2)nc2ccccc12. The number of aromatic nitrogens is 2. The Kier molecular flexibility index (Phi) is 7.56. The van der Waals surface area contributed by atoms with E-state index in [2.05, 4.69) is 16.7 Å². The lowest BCUT2D eigenvalue weighted by molar-refractivity contribution is 0.319. The largest absolute Gasteiger partial charge is 0.448 e. The predicted molar refractivity (Wildman–Crippen MR) is 125 cm³/mol. The van der Waals surface area contributed by atoms with Gasteiger partial charge in [0.25, 0.3) is 0 Å². The number of para-hydroxylation sites is 1. The number of nitrogens with one attached hydrogen (secondary N) is 2. The number of hydrogen-bond acceptors (Lipinski definition) is 6. The molecule has 1 aliphatic carbocycles. The summed E-state index contributed by atoms with van der Waals surface area (Å²) in [5, 5.41) is 8.59. The zero-order valence-corrected chi connectivity index (χ0v) is 17.7. The van der Waals surface area contributed by atoms with Crippen molar-refractivity contribution in [1.82, 2.24) is 15.3 Å². The molecule has 0 amide bonds. The van der Waals surface area contributed by atoms with Crippen molar-refractivity contribution in [2.24, 2.45) is 5.92 Å². The number of anilines is 2. The van der Waals surface area contributed by atoms with E-state index in [9.17, 15) is 0 Å². The predicted octanol–water partition coefficient (Wildman–Crippen LogP) is 5.34. The molecular weight excluding hydrogens is 398 g/mol. The van der Waals surface area contributed by atoms with Gasteiger partial charge in [-0.25, -0.2) is 4.98 Å². The molecule has 0 bridgehead atoms. The molecule has 0 spiro atoms. The Labute approximate surface area is 184 Å². The second kappa shape index (κ2) is 10.1. The van der Waals surface area contributed by atoms with Crippen LogP contribution in [0, 0.1) is 5.92 Å². The van der Waals surface area contributed by atoms with E-state index >= 15 is 0 Å². The molecule has 4 rings (SSSR count). The number of benzene rings is 1. The number of rotatable bonds is 7. The molecule has 0 aliphatic heterocycles. The van der Waals surface area contributed by atoms with Gasteiger partial charge in [0.2, 0.25) is 5.95 Å². The van der Waals surface area contributed by atoms with Gasteiger partial charge in [-0.15, -0.1) is 0 Å². The Morgan fingerprint density at radius 1 is 1.07 bits per heavy atom. The van der Waals surface area contributed by atoms with E-state index in [1.807, 2.05) is 43.3 Å². The highest BCUT2D eigenvalue weighted by Crippen LogP contribution is 2.28. The van der Waals surface area contributed by atoms with Crippen molar-refractivity contribution in [3.63, 3.8) is 0 Å². The summed E-state index contributed by atoms with van der Waals surface area (Å²) in [5.41, 5.74) is 0.976. The van der Waals surface area contributed by atoms with Gasteiger partial charge >= 0.3 is 0 Å². The highest BCUT2D eigenvalue weighted by Gasteiger charge is 2.22. The average Bonchev–Trinajstić information content (AvgIpc) is 3.13. The first kappa shape index (κ1) is 22.4. The third-order valence-corrected chi connectivity index (χ3v) is 5.75. The van der Waals surface area contributed by atoms with Crippen LogP contribution >= 0.6 is 11.6 Å². The molecule has 0 atom stereocenters. The number of halogens is 1. The number of furan rings is 1. The van der Waals surface area contributed by atoms with Gasteiger partial charge in [0.1, 0.15) is 11.6 Å². The van der Waals surface area contributed by atoms with E-state index in [4.69, 9.17) is 26.0 Å². The van der Waals surface area contributed by atoms with Crippen LogP contribution < -0.4 is 15.5 Å². The normalized spacial score (nSPS) is 18.8. The van der Waals surface area contributed by atoms with Crippen LogP contribution in [0.5, 0.6) is 0 Å². The van der Waals surface area contributed by atoms with Crippen molar-refractivity contribution in [3.05, 3.63) is 47.4 Å². The minimum absolute atomic E-state index is 0. The molecule has 162 valence electrons. The fourth-order valence-electron chi connectivity index (χ4n) is 4.01. The smallest absolute Gasteiger partial charge is 0.225 e. The maximum absolute atomic E-state index is 5.82. The molecule has 6 nitrogen and oxygen atoms in total. The topological polar surface area (TPSA) is 66.2 Å². The molecule has 1 aromatic carbocycles. The first-order valence-electron chi connectivity index (χ1n) is 10.2. The van der Waals surface area contributed by atoms with Gasteiger partial charge in [0.05, 0.1) is 12.1 Å². The standard InChI is InChI=1S/C22H28ClN5O.CH4/c1-28(2)21-18-5-3-4-6-19(18)26-22(27-21)25-16-9-7-15(8-10-16)13-24-14-17-11-12-20(23)29-17;/h3-6,11-12,15-16,24H,7-10,13-14H2,1-2H3,(H,25,26,27);1H4. The molecule has 30 heavy (non-hydrogen) atoms. The van der Waals surface area contributed by atoms with Crippen LogP contribution in [0.1, 0.15) is 38.9 Å². The first-order valence-corrected chi connectivity index (χ1v) is 10.6. The maximum Gasteiger partial charge on any atom is 0.225 e. The fraction of sp³-hybridized carbons (Fsp3) is 0.478. The van der Waals surface area contributed by atoms with Crippen LogP contribution in [0.3, 0.4) is 0 Å².